The number of esters is 1. The summed E-state index contributed by atoms with van der Waals surface area (Å²) in [7, 11) is 1.48. The third-order valence-electron chi connectivity index (χ3n) is 3.42. The maximum Gasteiger partial charge on any atom is 0.326 e. The number of rotatable bonds is 4. The highest BCUT2D eigenvalue weighted by Gasteiger charge is 2.47. The Hall–Kier alpha value is -0.570. The van der Waals surface area contributed by atoms with Crippen LogP contribution in [0.25, 0.3) is 0 Å². The molecule has 2 unspecified atom stereocenters. The molecule has 0 bridgehead atoms. The van der Waals surface area contributed by atoms with Crippen LogP contribution in [0.2, 0.25) is 0 Å². The fourth-order valence-electron chi connectivity index (χ4n) is 2.39. The molecule has 88 valence electrons. The lowest BCUT2D eigenvalue weighted by Gasteiger charge is -2.32. The van der Waals surface area contributed by atoms with Gasteiger partial charge in [0, 0.05) is 0 Å². The van der Waals surface area contributed by atoms with E-state index in [-0.39, 0.29) is 5.97 Å². The number of ether oxygens (including phenoxy) is 1. The summed E-state index contributed by atoms with van der Waals surface area (Å²) in [6.07, 6.45) is 3.13. The highest BCUT2D eigenvalue weighted by Crippen LogP contribution is 2.36. The molecule has 1 N–H and O–H groups in total. The van der Waals surface area contributed by atoms with Gasteiger partial charge in [0.05, 0.1) is 7.11 Å². The quantitative estimate of drug-likeness (QED) is 0.726. The molecular weight excluding hydrogens is 190 g/mol. The van der Waals surface area contributed by atoms with Crippen molar-refractivity contribution in [2.24, 2.45) is 11.8 Å². The van der Waals surface area contributed by atoms with Crippen molar-refractivity contribution in [1.82, 2.24) is 5.32 Å². The van der Waals surface area contributed by atoms with E-state index in [0.29, 0.717) is 11.8 Å². The normalized spacial score (nSPS) is 30.9. The molecule has 1 rings (SSSR count). The largest absolute Gasteiger partial charge is 0.468 e. The van der Waals surface area contributed by atoms with Crippen LogP contribution in [0.4, 0.5) is 0 Å². The average molecular weight is 213 g/mol. The van der Waals surface area contributed by atoms with Gasteiger partial charge in [-0.15, -0.1) is 0 Å². The Kier molecular flexibility index (Phi) is 4.14. The molecule has 15 heavy (non-hydrogen) atoms. The summed E-state index contributed by atoms with van der Waals surface area (Å²) in [5.74, 6) is 0.844. The lowest BCUT2D eigenvalue weighted by molar-refractivity contribution is -0.150. The Morgan fingerprint density at radius 1 is 1.60 bits per heavy atom. The van der Waals surface area contributed by atoms with Crippen LogP contribution in [0, 0.1) is 11.8 Å². The zero-order chi connectivity index (χ0) is 11.5. The van der Waals surface area contributed by atoms with Gasteiger partial charge >= 0.3 is 5.97 Å². The molecule has 0 aromatic heterocycles. The molecule has 1 aliphatic rings. The van der Waals surface area contributed by atoms with Gasteiger partial charge in [-0.1, -0.05) is 27.2 Å². The van der Waals surface area contributed by atoms with Crippen molar-refractivity contribution in [1.29, 1.82) is 0 Å². The second-order valence-corrected chi connectivity index (χ2v) is 5.03. The highest BCUT2D eigenvalue weighted by atomic mass is 16.5. The van der Waals surface area contributed by atoms with Crippen molar-refractivity contribution in [3.63, 3.8) is 0 Å². The lowest BCUT2D eigenvalue weighted by Crippen LogP contribution is -2.55. The van der Waals surface area contributed by atoms with Crippen LogP contribution in [-0.4, -0.2) is 25.2 Å². The van der Waals surface area contributed by atoms with Crippen molar-refractivity contribution >= 4 is 5.97 Å². The number of methoxy groups -OCH3 is 1. The zero-order valence-corrected chi connectivity index (χ0v) is 10.3. The Morgan fingerprint density at radius 3 is 2.67 bits per heavy atom. The Morgan fingerprint density at radius 2 is 2.27 bits per heavy atom. The van der Waals surface area contributed by atoms with Crippen molar-refractivity contribution in [2.45, 2.75) is 45.6 Å². The maximum atomic E-state index is 11.9. The van der Waals surface area contributed by atoms with Gasteiger partial charge in [0.25, 0.3) is 0 Å². The summed E-state index contributed by atoms with van der Waals surface area (Å²) in [6, 6.07) is 0. The molecule has 0 spiro atoms. The van der Waals surface area contributed by atoms with Gasteiger partial charge in [0.2, 0.25) is 0 Å². The number of carbonyl (C=O) groups excluding carboxylic acids is 1. The maximum absolute atomic E-state index is 11.9. The van der Waals surface area contributed by atoms with Gasteiger partial charge < -0.3 is 10.1 Å². The fourth-order valence-corrected chi connectivity index (χ4v) is 2.39. The van der Waals surface area contributed by atoms with Gasteiger partial charge in [-0.2, -0.15) is 0 Å². The summed E-state index contributed by atoms with van der Waals surface area (Å²) in [5, 5.41) is 3.42. The summed E-state index contributed by atoms with van der Waals surface area (Å²) in [5.41, 5.74) is -0.418. The lowest BCUT2D eigenvalue weighted by atomic mass is 9.88. The van der Waals surface area contributed by atoms with Crippen molar-refractivity contribution in [3.8, 4) is 0 Å². The minimum atomic E-state index is -0.418. The second-order valence-electron chi connectivity index (χ2n) is 5.03. The average Bonchev–Trinajstić information content (AvgIpc) is 2.57. The van der Waals surface area contributed by atoms with E-state index in [1.807, 2.05) is 0 Å². The molecule has 1 fully saturated rings. The van der Waals surface area contributed by atoms with Crippen LogP contribution in [-0.2, 0) is 9.53 Å². The molecule has 3 heteroatoms. The first-order valence-corrected chi connectivity index (χ1v) is 5.86. The first kappa shape index (κ1) is 12.5. The van der Waals surface area contributed by atoms with E-state index in [0.717, 1.165) is 25.8 Å². The van der Waals surface area contributed by atoms with E-state index in [2.05, 4.69) is 26.1 Å². The van der Waals surface area contributed by atoms with Crippen LogP contribution in [0.15, 0.2) is 0 Å². The van der Waals surface area contributed by atoms with Gasteiger partial charge in [-0.25, -0.2) is 0 Å². The molecular formula is C12H23NO2. The molecule has 0 radical (unpaired) electrons. The van der Waals surface area contributed by atoms with E-state index in [1.165, 1.54) is 7.11 Å². The number of carbonyl (C=O) groups is 1. The van der Waals surface area contributed by atoms with E-state index in [4.69, 9.17) is 4.74 Å². The molecule has 2 atom stereocenters. The Balaban J connectivity index is 2.72. The highest BCUT2D eigenvalue weighted by molar-refractivity contribution is 5.81. The predicted octanol–water partition coefficient (Wildman–Crippen LogP) is 1.96. The van der Waals surface area contributed by atoms with E-state index >= 15 is 0 Å². The van der Waals surface area contributed by atoms with Gasteiger partial charge in [-0.3, -0.25) is 4.79 Å². The molecule has 0 heterocycles. The molecule has 0 saturated heterocycles. The monoisotopic (exact) mass is 213 g/mol. The third-order valence-corrected chi connectivity index (χ3v) is 3.42. The standard InChI is InChI=1S/C12H23NO2/c1-9(2)8-13-12(11(14)15-4)7-5-6-10(12)3/h9-10,13H,5-8H2,1-4H3. The van der Waals surface area contributed by atoms with Crippen LogP contribution >= 0.6 is 0 Å². The fraction of sp³-hybridized carbons (Fsp3) is 0.917. The molecule has 0 amide bonds. The van der Waals surface area contributed by atoms with Gasteiger partial charge in [0.15, 0.2) is 0 Å². The number of hydrogen-bond acceptors (Lipinski definition) is 3. The van der Waals surface area contributed by atoms with Gasteiger partial charge in [0.1, 0.15) is 5.54 Å². The molecule has 1 aliphatic carbocycles. The third kappa shape index (κ3) is 2.51. The molecule has 0 aromatic carbocycles. The number of nitrogens with one attached hydrogen (secondary N) is 1. The van der Waals surface area contributed by atoms with Crippen molar-refractivity contribution in [3.05, 3.63) is 0 Å². The van der Waals surface area contributed by atoms with Crippen LogP contribution in [0.3, 0.4) is 0 Å². The Labute approximate surface area is 92.6 Å². The predicted molar refractivity (Wildman–Crippen MR) is 60.6 cm³/mol. The topological polar surface area (TPSA) is 38.3 Å². The van der Waals surface area contributed by atoms with Crippen LogP contribution in [0.5, 0.6) is 0 Å². The molecule has 1 saturated carbocycles. The first-order chi connectivity index (χ1) is 7.03. The summed E-state index contributed by atoms with van der Waals surface area (Å²) >= 11 is 0. The van der Waals surface area contributed by atoms with Crippen LogP contribution < -0.4 is 5.32 Å². The Bertz CT molecular complexity index is 228. The minimum Gasteiger partial charge on any atom is -0.468 e. The summed E-state index contributed by atoms with van der Waals surface area (Å²) < 4.78 is 4.94. The summed E-state index contributed by atoms with van der Waals surface area (Å²) in [6.45, 7) is 7.31. The van der Waals surface area contributed by atoms with Crippen LogP contribution in [0.1, 0.15) is 40.0 Å². The molecule has 3 nitrogen and oxygen atoms in total. The smallest absolute Gasteiger partial charge is 0.326 e. The first-order valence-electron chi connectivity index (χ1n) is 5.86. The van der Waals surface area contributed by atoms with E-state index in [1.54, 1.807) is 0 Å². The van der Waals surface area contributed by atoms with E-state index < -0.39 is 5.54 Å². The summed E-state index contributed by atoms with van der Waals surface area (Å²) in [4.78, 5) is 11.9. The zero-order valence-electron chi connectivity index (χ0n) is 10.3. The SMILES string of the molecule is COC(=O)C1(NCC(C)C)CCCC1C. The van der Waals surface area contributed by atoms with Crippen molar-refractivity contribution < 1.29 is 9.53 Å². The molecule has 0 aromatic rings. The second kappa shape index (κ2) is 4.97. The van der Waals surface area contributed by atoms with Gasteiger partial charge in [-0.05, 0) is 31.2 Å². The minimum absolute atomic E-state index is 0.0897. The van der Waals surface area contributed by atoms with E-state index in [9.17, 15) is 4.79 Å². The van der Waals surface area contributed by atoms with Crippen molar-refractivity contribution in [2.75, 3.05) is 13.7 Å². The number of hydrogen-bond donors (Lipinski definition) is 1. The molecule has 0 aliphatic heterocycles.